The maximum absolute atomic E-state index is 10.9. The molecular formula is C10H7N3O2. The second kappa shape index (κ2) is 3.42. The molecule has 0 aliphatic rings. The fraction of sp³-hybridized carbons (Fsp3) is 0.100. The predicted octanol–water partition coefficient (Wildman–Crippen LogP) is 1.33. The molecule has 0 spiro atoms. The molecule has 0 saturated heterocycles. The second-order valence-corrected chi connectivity index (χ2v) is 3.07. The van der Waals surface area contributed by atoms with Crippen molar-refractivity contribution in [3.05, 3.63) is 29.6 Å². The van der Waals surface area contributed by atoms with E-state index < -0.39 is 5.97 Å². The smallest absolute Gasteiger partial charge is 0.336 e. The number of hydrogen-bond donors (Lipinski definition) is 2. The highest BCUT2D eigenvalue weighted by atomic mass is 16.4. The molecule has 5 nitrogen and oxygen atoms in total. The number of carboxylic acid groups (broad SMARTS) is 1. The van der Waals surface area contributed by atoms with Crippen molar-refractivity contribution in [1.82, 2.24) is 9.97 Å². The van der Waals surface area contributed by atoms with Crippen LogP contribution in [0.5, 0.6) is 0 Å². The van der Waals surface area contributed by atoms with Crippen LogP contribution in [0.4, 0.5) is 0 Å². The van der Waals surface area contributed by atoms with Crippen LogP contribution in [0.15, 0.2) is 18.5 Å². The van der Waals surface area contributed by atoms with Crippen LogP contribution in [0.1, 0.15) is 15.9 Å². The van der Waals surface area contributed by atoms with Gasteiger partial charge in [0.2, 0.25) is 0 Å². The lowest BCUT2D eigenvalue weighted by Gasteiger charge is -2.01. The van der Waals surface area contributed by atoms with E-state index in [9.17, 15) is 4.79 Å². The predicted molar refractivity (Wildman–Crippen MR) is 52.4 cm³/mol. The van der Waals surface area contributed by atoms with Gasteiger partial charge >= 0.3 is 5.97 Å². The second-order valence-electron chi connectivity index (χ2n) is 3.07. The Balaban J connectivity index is 2.68. The van der Waals surface area contributed by atoms with Gasteiger partial charge in [0, 0.05) is 0 Å². The topological polar surface area (TPSA) is 89.8 Å². The van der Waals surface area contributed by atoms with E-state index in [2.05, 4.69) is 9.97 Å². The van der Waals surface area contributed by atoms with Crippen LogP contribution in [-0.4, -0.2) is 21.0 Å². The summed E-state index contributed by atoms with van der Waals surface area (Å²) in [5.41, 5.74) is 1.97. The van der Waals surface area contributed by atoms with E-state index in [1.54, 1.807) is 6.07 Å². The summed E-state index contributed by atoms with van der Waals surface area (Å²) in [6.45, 7) is 0. The van der Waals surface area contributed by atoms with E-state index in [0.29, 0.717) is 11.1 Å². The molecule has 5 heteroatoms. The lowest BCUT2D eigenvalue weighted by atomic mass is 10.0. The van der Waals surface area contributed by atoms with Gasteiger partial charge in [-0.1, -0.05) is 0 Å². The molecule has 0 atom stereocenters. The first kappa shape index (κ1) is 9.21. The lowest BCUT2D eigenvalue weighted by molar-refractivity contribution is 0.0696. The van der Waals surface area contributed by atoms with E-state index in [1.165, 1.54) is 12.4 Å². The molecule has 0 radical (unpaired) electrons. The largest absolute Gasteiger partial charge is 0.478 e. The molecule has 2 N–H and O–H groups in total. The first-order valence-electron chi connectivity index (χ1n) is 4.28. The third kappa shape index (κ3) is 1.53. The van der Waals surface area contributed by atoms with Gasteiger partial charge < -0.3 is 10.1 Å². The molecule has 74 valence electrons. The van der Waals surface area contributed by atoms with Gasteiger partial charge in [0.15, 0.2) is 0 Å². The Kier molecular flexibility index (Phi) is 2.10. The van der Waals surface area contributed by atoms with Crippen LogP contribution >= 0.6 is 0 Å². The average molecular weight is 201 g/mol. The number of carboxylic acids is 1. The quantitative estimate of drug-likeness (QED) is 0.766. The molecule has 2 rings (SSSR count). The van der Waals surface area contributed by atoms with Gasteiger partial charge in [0.05, 0.1) is 35.4 Å². The number of carbonyl (C=O) groups is 1. The fourth-order valence-corrected chi connectivity index (χ4v) is 1.46. The number of aromatic nitrogens is 2. The first-order valence-corrected chi connectivity index (χ1v) is 4.28. The van der Waals surface area contributed by atoms with Gasteiger partial charge in [-0.15, -0.1) is 0 Å². The highest BCUT2D eigenvalue weighted by Crippen LogP contribution is 2.17. The number of H-pyrrole nitrogens is 1. The molecular weight excluding hydrogens is 194 g/mol. The van der Waals surface area contributed by atoms with E-state index in [0.717, 1.165) is 5.52 Å². The summed E-state index contributed by atoms with van der Waals surface area (Å²) in [6.07, 6.45) is 1.57. The Hall–Kier alpha value is -2.35. The molecule has 1 aromatic carbocycles. The van der Waals surface area contributed by atoms with Crippen LogP contribution in [0.3, 0.4) is 0 Å². The van der Waals surface area contributed by atoms with Crippen molar-refractivity contribution in [3.63, 3.8) is 0 Å². The minimum absolute atomic E-state index is 0.0800. The molecule has 0 aliphatic heterocycles. The van der Waals surface area contributed by atoms with Gasteiger partial charge in [-0.25, -0.2) is 9.78 Å². The Morgan fingerprint density at radius 2 is 2.40 bits per heavy atom. The maximum Gasteiger partial charge on any atom is 0.336 e. The third-order valence-corrected chi connectivity index (χ3v) is 2.15. The molecule has 0 aliphatic carbocycles. The number of rotatable bonds is 2. The van der Waals surface area contributed by atoms with Gasteiger partial charge in [-0.3, -0.25) is 0 Å². The average Bonchev–Trinajstić information content (AvgIpc) is 2.63. The van der Waals surface area contributed by atoms with Crippen molar-refractivity contribution in [2.75, 3.05) is 0 Å². The van der Waals surface area contributed by atoms with Crippen LogP contribution in [0, 0.1) is 11.3 Å². The summed E-state index contributed by atoms with van der Waals surface area (Å²) in [4.78, 5) is 17.7. The molecule has 0 amide bonds. The first-order chi connectivity index (χ1) is 7.22. The number of imidazole rings is 1. The molecule has 0 unspecified atom stereocenters. The van der Waals surface area contributed by atoms with Crippen LogP contribution in [0.25, 0.3) is 11.0 Å². The summed E-state index contributed by atoms with van der Waals surface area (Å²) in [7, 11) is 0. The van der Waals surface area contributed by atoms with Crippen molar-refractivity contribution in [2.45, 2.75) is 6.42 Å². The number of aromatic amines is 1. The number of nitrogens with zero attached hydrogens (tertiary/aromatic N) is 2. The van der Waals surface area contributed by atoms with E-state index in [1.807, 2.05) is 6.07 Å². The summed E-state index contributed by atoms with van der Waals surface area (Å²) < 4.78 is 0. The Bertz CT molecular complexity index is 566. The van der Waals surface area contributed by atoms with Crippen molar-refractivity contribution >= 4 is 17.0 Å². The van der Waals surface area contributed by atoms with Crippen LogP contribution in [-0.2, 0) is 6.42 Å². The number of nitrogens with one attached hydrogen (secondary N) is 1. The molecule has 15 heavy (non-hydrogen) atoms. The van der Waals surface area contributed by atoms with Crippen LogP contribution < -0.4 is 0 Å². The summed E-state index contributed by atoms with van der Waals surface area (Å²) in [5, 5.41) is 17.5. The zero-order valence-corrected chi connectivity index (χ0v) is 7.69. The van der Waals surface area contributed by atoms with Gasteiger partial charge in [-0.05, 0) is 17.7 Å². The molecule has 0 saturated carbocycles. The van der Waals surface area contributed by atoms with E-state index in [-0.39, 0.29) is 12.0 Å². The number of aromatic carboxylic acids is 1. The van der Waals surface area contributed by atoms with Crippen LogP contribution in [0.2, 0.25) is 0 Å². The standard InChI is InChI=1S/C10H7N3O2/c11-2-1-6-3-8-9(13-5-12-8)4-7(6)10(14)15/h3-5H,1H2,(H,12,13)(H,14,15). The normalized spacial score (nSPS) is 10.1. The van der Waals surface area contributed by atoms with Crippen molar-refractivity contribution in [2.24, 2.45) is 0 Å². The zero-order valence-electron chi connectivity index (χ0n) is 7.69. The molecule has 0 fully saturated rings. The van der Waals surface area contributed by atoms with E-state index in [4.69, 9.17) is 10.4 Å². The van der Waals surface area contributed by atoms with Crippen molar-refractivity contribution < 1.29 is 9.90 Å². The molecule has 0 bridgehead atoms. The Morgan fingerprint density at radius 3 is 3.07 bits per heavy atom. The van der Waals surface area contributed by atoms with Gasteiger partial charge in [0.1, 0.15) is 0 Å². The minimum atomic E-state index is -1.04. The van der Waals surface area contributed by atoms with Gasteiger partial charge in [0.25, 0.3) is 0 Å². The molecule has 1 aromatic heterocycles. The van der Waals surface area contributed by atoms with Crippen molar-refractivity contribution in [3.8, 4) is 6.07 Å². The zero-order chi connectivity index (χ0) is 10.8. The Morgan fingerprint density at radius 1 is 1.60 bits per heavy atom. The highest BCUT2D eigenvalue weighted by molar-refractivity contribution is 5.94. The third-order valence-electron chi connectivity index (χ3n) is 2.15. The number of fused-ring (bicyclic) bond motifs is 1. The highest BCUT2D eigenvalue weighted by Gasteiger charge is 2.12. The summed E-state index contributed by atoms with van der Waals surface area (Å²) in [5.74, 6) is -1.04. The number of nitriles is 1. The minimum Gasteiger partial charge on any atom is -0.478 e. The molecule has 1 heterocycles. The fourth-order valence-electron chi connectivity index (χ4n) is 1.46. The number of hydrogen-bond acceptors (Lipinski definition) is 3. The molecule has 2 aromatic rings. The van der Waals surface area contributed by atoms with E-state index >= 15 is 0 Å². The SMILES string of the molecule is N#CCc1cc2[nH]cnc2cc1C(=O)O. The lowest BCUT2D eigenvalue weighted by Crippen LogP contribution is -2.02. The number of benzene rings is 1. The maximum atomic E-state index is 10.9. The van der Waals surface area contributed by atoms with Gasteiger partial charge in [-0.2, -0.15) is 5.26 Å². The summed E-state index contributed by atoms with van der Waals surface area (Å²) in [6, 6.07) is 5.06. The summed E-state index contributed by atoms with van der Waals surface area (Å²) >= 11 is 0. The monoisotopic (exact) mass is 201 g/mol. The Labute approximate surface area is 85.0 Å². The van der Waals surface area contributed by atoms with Crippen molar-refractivity contribution in [1.29, 1.82) is 5.26 Å².